The van der Waals surface area contributed by atoms with Gasteiger partial charge in [0.25, 0.3) is 0 Å². The molecule has 114 valence electrons. The predicted octanol–water partition coefficient (Wildman–Crippen LogP) is 2.62. The van der Waals surface area contributed by atoms with Gasteiger partial charge in [-0.05, 0) is 24.1 Å². The zero-order valence-corrected chi connectivity index (χ0v) is 13.5. The number of aryl methyl sites for hydroxylation is 1. The van der Waals surface area contributed by atoms with E-state index in [9.17, 15) is 9.59 Å². The number of hydrogen-bond donors (Lipinski definition) is 0. The van der Waals surface area contributed by atoms with Crippen LogP contribution in [0.5, 0.6) is 0 Å². The van der Waals surface area contributed by atoms with Crippen LogP contribution in [-0.4, -0.2) is 47.8 Å². The molecule has 0 atom stereocenters. The Kier molecular flexibility index (Phi) is 5.48. The van der Waals surface area contributed by atoms with Crippen LogP contribution in [0.4, 0.5) is 0 Å². The summed E-state index contributed by atoms with van der Waals surface area (Å²) in [6, 6.07) is 5.43. The molecule has 0 N–H and O–H groups in total. The van der Waals surface area contributed by atoms with Crippen molar-refractivity contribution in [3.63, 3.8) is 0 Å². The van der Waals surface area contributed by atoms with Crippen LogP contribution in [0.3, 0.4) is 0 Å². The largest absolute Gasteiger partial charge is 0.339 e. The molecule has 2 rings (SSSR count). The first-order valence-electron chi connectivity index (χ1n) is 6.94. The molecule has 2 amide bonds. The minimum Gasteiger partial charge on any atom is -0.339 e. The lowest BCUT2D eigenvalue weighted by Gasteiger charge is -2.34. The summed E-state index contributed by atoms with van der Waals surface area (Å²) < 4.78 is 0. The van der Waals surface area contributed by atoms with Gasteiger partial charge in [-0.1, -0.05) is 29.3 Å². The fraction of sp³-hybridized carbons (Fsp3) is 0.467. The highest BCUT2D eigenvalue weighted by molar-refractivity contribution is 6.42. The number of nitrogens with zero attached hydrogens (tertiary/aromatic N) is 2. The lowest BCUT2D eigenvalue weighted by molar-refractivity contribution is -0.138. The smallest absolute Gasteiger partial charge is 0.223 e. The zero-order chi connectivity index (χ0) is 15.4. The number of carbonyl (C=O) groups excluding carboxylic acids is 2. The molecule has 1 aliphatic rings. The fourth-order valence-electron chi connectivity index (χ4n) is 2.38. The van der Waals surface area contributed by atoms with Gasteiger partial charge >= 0.3 is 0 Å². The Morgan fingerprint density at radius 2 is 1.67 bits per heavy atom. The number of hydrogen-bond acceptors (Lipinski definition) is 2. The maximum Gasteiger partial charge on any atom is 0.223 e. The molecule has 0 unspecified atom stereocenters. The van der Waals surface area contributed by atoms with Crippen molar-refractivity contribution in [3.8, 4) is 0 Å². The summed E-state index contributed by atoms with van der Waals surface area (Å²) in [6.45, 7) is 4.02. The van der Waals surface area contributed by atoms with Crippen molar-refractivity contribution in [3.05, 3.63) is 33.8 Å². The van der Waals surface area contributed by atoms with Crippen LogP contribution in [0, 0.1) is 0 Å². The van der Waals surface area contributed by atoms with E-state index in [-0.39, 0.29) is 11.8 Å². The molecule has 1 saturated heterocycles. The number of carbonyl (C=O) groups is 2. The first-order chi connectivity index (χ1) is 9.97. The van der Waals surface area contributed by atoms with E-state index in [1.807, 2.05) is 11.0 Å². The van der Waals surface area contributed by atoms with Gasteiger partial charge in [0.2, 0.25) is 11.8 Å². The van der Waals surface area contributed by atoms with Crippen LogP contribution in [0.1, 0.15) is 18.9 Å². The monoisotopic (exact) mass is 328 g/mol. The lowest BCUT2D eigenvalue weighted by Crippen LogP contribution is -2.50. The van der Waals surface area contributed by atoms with Crippen LogP contribution in [-0.2, 0) is 16.0 Å². The number of rotatable bonds is 3. The first kappa shape index (κ1) is 16.1. The molecule has 0 aromatic heterocycles. The molecule has 0 bridgehead atoms. The summed E-state index contributed by atoms with van der Waals surface area (Å²) in [5, 5.41) is 1.03. The van der Waals surface area contributed by atoms with E-state index in [4.69, 9.17) is 23.2 Å². The minimum absolute atomic E-state index is 0.0675. The fourth-order valence-corrected chi connectivity index (χ4v) is 2.70. The van der Waals surface area contributed by atoms with E-state index in [0.29, 0.717) is 49.1 Å². The Morgan fingerprint density at radius 3 is 2.24 bits per heavy atom. The van der Waals surface area contributed by atoms with Gasteiger partial charge in [-0.25, -0.2) is 0 Å². The Bertz CT molecular complexity index is 540. The first-order valence-corrected chi connectivity index (χ1v) is 7.70. The lowest BCUT2D eigenvalue weighted by atomic mass is 10.1. The molecular formula is C15H18Cl2N2O2. The van der Waals surface area contributed by atoms with Gasteiger partial charge in [0.1, 0.15) is 0 Å². The summed E-state index contributed by atoms with van der Waals surface area (Å²) >= 11 is 11.8. The van der Waals surface area contributed by atoms with Crippen molar-refractivity contribution in [1.82, 2.24) is 9.80 Å². The third kappa shape index (κ3) is 4.35. The summed E-state index contributed by atoms with van der Waals surface area (Å²) in [4.78, 5) is 27.0. The van der Waals surface area contributed by atoms with Crippen molar-refractivity contribution in [2.24, 2.45) is 0 Å². The van der Waals surface area contributed by atoms with Gasteiger partial charge in [0.05, 0.1) is 10.0 Å². The third-order valence-corrected chi connectivity index (χ3v) is 4.43. The average Bonchev–Trinajstić information content (AvgIpc) is 2.48. The number of piperazine rings is 1. The van der Waals surface area contributed by atoms with E-state index >= 15 is 0 Å². The Hall–Kier alpha value is -1.26. The van der Waals surface area contributed by atoms with Gasteiger partial charge in [-0.3, -0.25) is 9.59 Å². The normalized spacial score (nSPS) is 15.2. The van der Waals surface area contributed by atoms with Crippen molar-refractivity contribution in [2.45, 2.75) is 19.8 Å². The average molecular weight is 329 g/mol. The van der Waals surface area contributed by atoms with Gasteiger partial charge in [0, 0.05) is 39.5 Å². The second-order valence-corrected chi connectivity index (χ2v) is 5.95. The number of amides is 2. The molecule has 4 nitrogen and oxygen atoms in total. The Labute approximate surface area is 134 Å². The van der Waals surface area contributed by atoms with Gasteiger partial charge < -0.3 is 9.80 Å². The topological polar surface area (TPSA) is 40.6 Å². The SMILES string of the molecule is CC(=O)N1CCN(C(=O)CCc2ccc(Cl)c(Cl)c2)CC1. The highest BCUT2D eigenvalue weighted by Gasteiger charge is 2.21. The molecule has 0 aliphatic carbocycles. The van der Waals surface area contributed by atoms with Crippen molar-refractivity contribution in [1.29, 1.82) is 0 Å². The van der Waals surface area contributed by atoms with Crippen molar-refractivity contribution in [2.75, 3.05) is 26.2 Å². The van der Waals surface area contributed by atoms with Crippen LogP contribution < -0.4 is 0 Å². The summed E-state index contributed by atoms with van der Waals surface area (Å²) in [6.07, 6.45) is 1.08. The van der Waals surface area contributed by atoms with Crippen molar-refractivity contribution >= 4 is 35.0 Å². The van der Waals surface area contributed by atoms with Crippen molar-refractivity contribution < 1.29 is 9.59 Å². The molecule has 0 spiro atoms. The zero-order valence-electron chi connectivity index (χ0n) is 11.9. The maximum atomic E-state index is 12.2. The van der Waals surface area contributed by atoms with Crippen LogP contribution in [0.25, 0.3) is 0 Å². The highest BCUT2D eigenvalue weighted by atomic mass is 35.5. The van der Waals surface area contributed by atoms with E-state index in [1.165, 1.54) is 0 Å². The Balaban J connectivity index is 1.82. The molecule has 1 fully saturated rings. The van der Waals surface area contributed by atoms with Crippen LogP contribution in [0.15, 0.2) is 18.2 Å². The van der Waals surface area contributed by atoms with E-state index in [0.717, 1.165) is 5.56 Å². The molecule has 0 radical (unpaired) electrons. The molecular weight excluding hydrogens is 311 g/mol. The van der Waals surface area contributed by atoms with Crippen LogP contribution in [0.2, 0.25) is 10.0 Å². The van der Waals surface area contributed by atoms with Crippen LogP contribution >= 0.6 is 23.2 Å². The number of benzene rings is 1. The molecule has 6 heteroatoms. The molecule has 1 aliphatic heterocycles. The molecule has 0 saturated carbocycles. The Morgan fingerprint density at radius 1 is 1.05 bits per heavy atom. The molecule has 1 aromatic rings. The van der Waals surface area contributed by atoms with Gasteiger partial charge in [-0.15, -0.1) is 0 Å². The molecule has 1 heterocycles. The second kappa shape index (κ2) is 7.14. The van der Waals surface area contributed by atoms with E-state index in [1.54, 1.807) is 24.0 Å². The van der Waals surface area contributed by atoms with Gasteiger partial charge in [0.15, 0.2) is 0 Å². The predicted molar refractivity (Wildman–Crippen MR) is 83.6 cm³/mol. The maximum absolute atomic E-state index is 12.2. The van der Waals surface area contributed by atoms with E-state index in [2.05, 4.69) is 0 Å². The van der Waals surface area contributed by atoms with Gasteiger partial charge in [-0.2, -0.15) is 0 Å². The second-order valence-electron chi connectivity index (χ2n) is 5.14. The van der Waals surface area contributed by atoms with E-state index < -0.39 is 0 Å². The quantitative estimate of drug-likeness (QED) is 0.855. The molecule has 1 aromatic carbocycles. The minimum atomic E-state index is 0.0675. The molecule has 21 heavy (non-hydrogen) atoms. The standard InChI is InChI=1S/C15H18Cl2N2O2/c1-11(20)18-6-8-19(9-7-18)15(21)5-3-12-2-4-13(16)14(17)10-12/h2,4,10H,3,5-9H2,1H3. The number of halogens is 2. The summed E-state index contributed by atoms with van der Waals surface area (Å²) in [5.74, 6) is 0.183. The summed E-state index contributed by atoms with van der Waals surface area (Å²) in [7, 11) is 0. The summed E-state index contributed by atoms with van der Waals surface area (Å²) in [5.41, 5.74) is 1.00. The third-order valence-electron chi connectivity index (χ3n) is 3.69. The highest BCUT2D eigenvalue weighted by Crippen LogP contribution is 2.23.